The Labute approximate surface area is 223 Å². The molecule has 0 saturated heterocycles. The Hall–Kier alpha value is -3.32. The highest BCUT2D eigenvalue weighted by Crippen LogP contribution is 2.21. The number of rotatable bonds is 13. The fourth-order valence-corrected chi connectivity index (χ4v) is 4.74. The average Bonchev–Trinajstić information content (AvgIpc) is 2.92. The van der Waals surface area contributed by atoms with Gasteiger partial charge in [-0.15, -0.1) is 11.8 Å². The molecule has 7 heteroatoms. The number of nitrogens with one attached hydrogen (secondary N) is 1. The van der Waals surface area contributed by atoms with Crippen LogP contribution in [0, 0.1) is 5.82 Å². The first kappa shape index (κ1) is 28.3. The van der Waals surface area contributed by atoms with Gasteiger partial charge >= 0.3 is 0 Å². The van der Waals surface area contributed by atoms with Crippen molar-refractivity contribution in [2.75, 3.05) is 12.9 Å². The molecule has 3 rings (SSSR count). The van der Waals surface area contributed by atoms with Crippen LogP contribution in [-0.2, 0) is 28.3 Å². The van der Waals surface area contributed by atoms with E-state index in [1.807, 2.05) is 68.4 Å². The summed E-state index contributed by atoms with van der Waals surface area (Å²) in [5.74, 6) is 0.739. The van der Waals surface area contributed by atoms with Crippen molar-refractivity contribution in [3.05, 3.63) is 101 Å². The van der Waals surface area contributed by atoms with E-state index in [4.69, 9.17) is 4.74 Å². The second-order valence-corrected chi connectivity index (χ2v) is 9.96. The van der Waals surface area contributed by atoms with Crippen molar-refractivity contribution in [2.24, 2.45) is 0 Å². The van der Waals surface area contributed by atoms with E-state index in [2.05, 4.69) is 5.32 Å². The monoisotopic (exact) mass is 522 g/mol. The second-order valence-electron chi connectivity index (χ2n) is 8.98. The van der Waals surface area contributed by atoms with Crippen LogP contribution in [0.5, 0.6) is 5.75 Å². The fraction of sp³-hybridized carbons (Fsp3) is 0.333. The number of amides is 2. The lowest BCUT2D eigenvalue weighted by Gasteiger charge is -2.32. The summed E-state index contributed by atoms with van der Waals surface area (Å²) < 4.78 is 19.9. The van der Waals surface area contributed by atoms with Crippen LogP contribution >= 0.6 is 11.8 Å². The molecule has 2 amide bonds. The highest BCUT2D eigenvalue weighted by Gasteiger charge is 2.31. The number of hydrogen-bond acceptors (Lipinski definition) is 4. The molecule has 0 bridgehead atoms. The molecule has 2 atom stereocenters. The second kappa shape index (κ2) is 14.4. The van der Waals surface area contributed by atoms with Crippen LogP contribution < -0.4 is 10.1 Å². The van der Waals surface area contributed by atoms with E-state index in [-0.39, 0.29) is 30.2 Å². The summed E-state index contributed by atoms with van der Waals surface area (Å²) in [4.78, 5) is 28.6. The zero-order chi connectivity index (χ0) is 26.6. The number of benzene rings is 3. The third-order valence-electron chi connectivity index (χ3n) is 6.22. The number of thioether (sulfide) groups is 1. The molecule has 0 fully saturated rings. The molecule has 0 heterocycles. The molecule has 1 N–H and O–H groups in total. The van der Waals surface area contributed by atoms with E-state index in [1.165, 1.54) is 22.7 Å². The molecule has 5 nitrogen and oxygen atoms in total. The first-order valence-electron chi connectivity index (χ1n) is 12.5. The zero-order valence-corrected chi connectivity index (χ0v) is 22.5. The van der Waals surface area contributed by atoms with Crippen LogP contribution in [-0.4, -0.2) is 41.7 Å². The third-order valence-corrected chi connectivity index (χ3v) is 7.21. The minimum absolute atomic E-state index is 0.0139. The maximum Gasteiger partial charge on any atom is 0.243 e. The predicted octanol–water partition coefficient (Wildman–Crippen LogP) is 5.62. The van der Waals surface area contributed by atoms with Crippen molar-refractivity contribution in [3.8, 4) is 5.75 Å². The summed E-state index contributed by atoms with van der Waals surface area (Å²) in [6.45, 7) is 3.94. The molecule has 0 radical (unpaired) electrons. The number of hydrogen-bond donors (Lipinski definition) is 1. The van der Waals surface area contributed by atoms with Gasteiger partial charge in [0.1, 0.15) is 17.6 Å². The van der Waals surface area contributed by atoms with Crippen LogP contribution in [0.2, 0.25) is 0 Å². The summed E-state index contributed by atoms with van der Waals surface area (Å²) >= 11 is 1.47. The lowest BCUT2D eigenvalue weighted by atomic mass is 10.0. The molecule has 0 aliphatic carbocycles. The third kappa shape index (κ3) is 8.64. The van der Waals surface area contributed by atoms with E-state index < -0.39 is 11.9 Å². The van der Waals surface area contributed by atoms with Crippen molar-refractivity contribution in [1.82, 2.24) is 10.2 Å². The smallest absolute Gasteiger partial charge is 0.243 e. The van der Waals surface area contributed by atoms with Gasteiger partial charge in [0.05, 0.1) is 12.9 Å². The molecule has 0 aromatic heterocycles. The number of methoxy groups -OCH3 is 1. The van der Waals surface area contributed by atoms with Gasteiger partial charge in [0.2, 0.25) is 11.8 Å². The highest BCUT2D eigenvalue weighted by atomic mass is 32.2. The fourth-order valence-electron chi connectivity index (χ4n) is 3.87. The molecule has 3 aromatic rings. The van der Waals surface area contributed by atoms with Crippen molar-refractivity contribution >= 4 is 23.6 Å². The summed E-state index contributed by atoms with van der Waals surface area (Å²) in [5.41, 5.74) is 2.38. The van der Waals surface area contributed by atoms with Gasteiger partial charge in [-0.05, 0) is 42.7 Å². The molecule has 0 unspecified atom stereocenters. The number of ether oxygens (including phenoxy) is 1. The molecule has 0 saturated carbocycles. The van der Waals surface area contributed by atoms with Gasteiger partial charge in [0, 0.05) is 30.3 Å². The quantitative estimate of drug-likeness (QED) is 0.317. The predicted molar refractivity (Wildman–Crippen MR) is 148 cm³/mol. The Morgan fingerprint density at radius 3 is 2.30 bits per heavy atom. The molecular formula is C30H35FN2O3S. The number of carbonyl (C=O) groups excluding carboxylic acids is 2. The molecular weight excluding hydrogens is 487 g/mol. The van der Waals surface area contributed by atoms with Crippen molar-refractivity contribution in [1.29, 1.82) is 0 Å². The topological polar surface area (TPSA) is 58.6 Å². The van der Waals surface area contributed by atoms with Crippen molar-refractivity contribution in [2.45, 2.75) is 51.1 Å². The number of halogens is 1. The van der Waals surface area contributed by atoms with Gasteiger partial charge in [-0.1, -0.05) is 67.6 Å². The Morgan fingerprint density at radius 1 is 0.973 bits per heavy atom. The lowest BCUT2D eigenvalue weighted by molar-refractivity contribution is -0.139. The van der Waals surface area contributed by atoms with Gasteiger partial charge in [-0.25, -0.2) is 4.39 Å². The standard InChI is InChI=1S/C30H35FN2O3S/c1-4-22(2)32-30(35)28(18-23-10-6-5-7-11-23)33(19-25-12-8-9-13-27(25)31)29(34)21-37-20-24-14-16-26(36-3)17-15-24/h5-17,22,28H,4,18-21H2,1-3H3,(H,32,35)/t22-,28+/m1/s1. The first-order valence-corrected chi connectivity index (χ1v) is 13.6. The van der Waals surface area contributed by atoms with Crippen LogP contribution in [0.3, 0.4) is 0 Å². The van der Waals surface area contributed by atoms with Gasteiger partial charge in [0.25, 0.3) is 0 Å². The first-order chi connectivity index (χ1) is 17.9. The largest absolute Gasteiger partial charge is 0.497 e. The zero-order valence-electron chi connectivity index (χ0n) is 21.7. The summed E-state index contributed by atoms with van der Waals surface area (Å²) in [5, 5.41) is 3.03. The van der Waals surface area contributed by atoms with E-state index in [1.54, 1.807) is 25.3 Å². The van der Waals surface area contributed by atoms with Crippen LogP contribution in [0.4, 0.5) is 4.39 Å². The minimum Gasteiger partial charge on any atom is -0.497 e. The Kier molecular flexibility index (Phi) is 11.0. The SMILES string of the molecule is CC[C@@H](C)NC(=O)[C@H](Cc1ccccc1)N(Cc1ccccc1F)C(=O)CSCc1ccc(OC)cc1. The van der Waals surface area contributed by atoms with E-state index in [0.717, 1.165) is 23.3 Å². The van der Waals surface area contributed by atoms with Gasteiger partial charge in [-0.2, -0.15) is 0 Å². The highest BCUT2D eigenvalue weighted by molar-refractivity contribution is 7.99. The van der Waals surface area contributed by atoms with Gasteiger partial charge in [0.15, 0.2) is 0 Å². The summed E-state index contributed by atoms with van der Waals surface area (Å²) in [6, 6.07) is 22.9. The Bertz CT molecular complexity index is 1140. The van der Waals surface area contributed by atoms with Gasteiger partial charge < -0.3 is 15.0 Å². The molecule has 0 aliphatic rings. The van der Waals surface area contributed by atoms with Crippen LogP contribution in [0.1, 0.15) is 37.0 Å². The van der Waals surface area contributed by atoms with Crippen molar-refractivity contribution < 1.29 is 18.7 Å². The van der Waals surface area contributed by atoms with Crippen molar-refractivity contribution in [3.63, 3.8) is 0 Å². The lowest BCUT2D eigenvalue weighted by Crippen LogP contribution is -2.52. The maximum atomic E-state index is 14.7. The van der Waals surface area contributed by atoms with E-state index in [0.29, 0.717) is 17.7 Å². The summed E-state index contributed by atoms with van der Waals surface area (Å²) in [6.07, 6.45) is 1.11. The minimum atomic E-state index is -0.773. The van der Waals surface area contributed by atoms with Gasteiger partial charge in [-0.3, -0.25) is 9.59 Å². The Morgan fingerprint density at radius 2 is 1.65 bits per heavy atom. The number of nitrogens with zero attached hydrogens (tertiary/aromatic N) is 1. The van der Waals surface area contributed by atoms with E-state index in [9.17, 15) is 14.0 Å². The van der Waals surface area contributed by atoms with Crippen LogP contribution in [0.15, 0.2) is 78.9 Å². The molecule has 0 spiro atoms. The summed E-state index contributed by atoms with van der Waals surface area (Å²) in [7, 11) is 1.62. The molecule has 196 valence electrons. The Balaban J connectivity index is 1.84. The number of carbonyl (C=O) groups is 2. The van der Waals surface area contributed by atoms with Crippen LogP contribution in [0.25, 0.3) is 0 Å². The van der Waals surface area contributed by atoms with E-state index >= 15 is 0 Å². The maximum absolute atomic E-state index is 14.7. The molecule has 3 aromatic carbocycles. The molecule has 0 aliphatic heterocycles. The molecule has 37 heavy (non-hydrogen) atoms. The normalized spacial score (nSPS) is 12.4. The average molecular weight is 523 g/mol.